The van der Waals surface area contributed by atoms with Crippen molar-refractivity contribution in [3.05, 3.63) is 26.4 Å². The van der Waals surface area contributed by atoms with Crippen LogP contribution in [-0.2, 0) is 0 Å². The van der Waals surface area contributed by atoms with Crippen molar-refractivity contribution in [2.45, 2.75) is 19.9 Å². The zero-order chi connectivity index (χ0) is 9.14. The molecule has 1 unspecified atom stereocenters. The first kappa shape index (κ1) is 9.96. The van der Waals surface area contributed by atoms with Crippen LogP contribution in [0.3, 0.4) is 0 Å². The van der Waals surface area contributed by atoms with Crippen LogP contribution in [-0.4, -0.2) is 6.04 Å². The van der Waals surface area contributed by atoms with Gasteiger partial charge in [-0.05, 0) is 41.9 Å². The summed E-state index contributed by atoms with van der Waals surface area (Å²) in [6.45, 7) is 4.05. The molecule has 1 aromatic rings. The Bertz CT molecular complexity index is 288. The number of hydrogen-bond donors (Lipinski definition) is 1. The van der Waals surface area contributed by atoms with Crippen molar-refractivity contribution >= 4 is 33.3 Å². The Hall–Kier alpha value is -0.120. The largest absolute Gasteiger partial charge is 0.324 e. The van der Waals surface area contributed by atoms with E-state index in [0.29, 0.717) is 0 Å². The van der Waals surface area contributed by atoms with Gasteiger partial charge in [-0.15, -0.1) is 11.3 Å². The predicted octanol–water partition coefficient (Wildman–Crippen LogP) is 3.26. The molecule has 0 aromatic carbocycles. The lowest BCUT2D eigenvalue weighted by Gasteiger charge is -2.03. The van der Waals surface area contributed by atoms with E-state index in [-0.39, 0.29) is 6.04 Å². The minimum Gasteiger partial charge on any atom is -0.324 e. The number of nitrogens with two attached hydrogens (primary N) is 1. The molecule has 0 amide bonds. The minimum atomic E-state index is 0.144. The first-order chi connectivity index (χ1) is 5.59. The second kappa shape index (κ2) is 4.21. The van der Waals surface area contributed by atoms with E-state index in [2.05, 4.69) is 40.4 Å². The fraction of sp³-hybridized carbons (Fsp3) is 0.333. The van der Waals surface area contributed by atoms with Crippen molar-refractivity contribution in [2.75, 3.05) is 0 Å². The number of halogens is 1. The standard InChI is InChI=1S/C9H12BrNS/c1-6(7(2)11)3-9-4-8(10)5-12-9/h3-5,7H,11H2,1-2H3/b6-3+. The van der Waals surface area contributed by atoms with Crippen LogP contribution in [0.15, 0.2) is 21.5 Å². The molecule has 0 saturated carbocycles. The minimum absolute atomic E-state index is 0.144. The van der Waals surface area contributed by atoms with E-state index in [1.165, 1.54) is 10.5 Å². The molecule has 1 rings (SSSR count). The molecule has 12 heavy (non-hydrogen) atoms. The Kier molecular flexibility index (Phi) is 3.50. The molecule has 0 radical (unpaired) electrons. The van der Waals surface area contributed by atoms with Crippen molar-refractivity contribution in [1.29, 1.82) is 0 Å². The summed E-state index contributed by atoms with van der Waals surface area (Å²) in [5.41, 5.74) is 6.93. The van der Waals surface area contributed by atoms with Gasteiger partial charge in [0.05, 0.1) is 0 Å². The molecule has 66 valence electrons. The second-order valence-electron chi connectivity index (χ2n) is 2.84. The highest BCUT2D eigenvalue weighted by Gasteiger charge is 1.98. The summed E-state index contributed by atoms with van der Waals surface area (Å²) in [7, 11) is 0. The third-order valence-electron chi connectivity index (χ3n) is 1.68. The lowest BCUT2D eigenvalue weighted by molar-refractivity contribution is 0.868. The topological polar surface area (TPSA) is 26.0 Å². The van der Waals surface area contributed by atoms with Crippen LogP contribution in [0.2, 0.25) is 0 Å². The summed E-state index contributed by atoms with van der Waals surface area (Å²) in [4.78, 5) is 1.25. The second-order valence-corrected chi connectivity index (χ2v) is 4.70. The van der Waals surface area contributed by atoms with Crippen LogP contribution in [0.5, 0.6) is 0 Å². The van der Waals surface area contributed by atoms with Gasteiger partial charge in [0.2, 0.25) is 0 Å². The Balaban J connectivity index is 2.80. The molecule has 0 spiro atoms. The maximum atomic E-state index is 5.72. The molecule has 0 aliphatic heterocycles. The van der Waals surface area contributed by atoms with E-state index in [1.54, 1.807) is 11.3 Å². The molecule has 1 atom stereocenters. The van der Waals surface area contributed by atoms with Gasteiger partial charge in [0.1, 0.15) is 0 Å². The molecule has 1 nitrogen and oxygen atoms in total. The number of hydrogen-bond acceptors (Lipinski definition) is 2. The first-order valence-electron chi connectivity index (χ1n) is 3.77. The monoisotopic (exact) mass is 245 g/mol. The highest BCUT2D eigenvalue weighted by Crippen LogP contribution is 2.22. The van der Waals surface area contributed by atoms with Crippen molar-refractivity contribution in [3.8, 4) is 0 Å². The molecule has 0 saturated heterocycles. The van der Waals surface area contributed by atoms with Gasteiger partial charge < -0.3 is 5.73 Å². The average Bonchev–Trinajstić information content (AvgIpc) is 2.35. The normalized spacial score (nSPS) is 14.8. The van der Waals surface area contributed by atoms with Crippen molar-refractivity contribution in [3.63, 3.8) is 0 Å². The maximum absolute atomic E-state index is 5.72. The zero-order valence-electron chi connectivity index (χ0n) is 7.17. The van der Waals surface area contributed by atoms with Gasteiger partial charge in [-0.25, -0.2) is 0 Å². The quantitative estimate of drug-likeness (QED) is 0.851. The van der Waals surface area contributed by atoms with E-state index in [4.69, 9.17) is 5.73 Å². The van der Waals surface area contributed by atoms with Gasteiger partial charge in [0.15, 0.2) is 0 Å². The molecular formula is C9H12BrNS. The average molecular weight is 246 g/mol. The highest BCUT2D eigenvalue weighted by molar-refractivity contribution is 9.10. The van der Waals surface area contributed by atoms with Gasteiger partial charge in [-0.1, -0.05) is 5.57 Å². The number of thiophene rings is 1. The van der Waals surface area contributed by atoms with E-state index in [9.17, 15) is 0 Å². The molecule has 0 fully saturated rings. The Morgan fingerprint density at radius 2 is 2.42 bits per heavy atom. The molecule has 3 heteroatoms. The SMILES string of the molecule is C/C(=C\c1cc(Br)cs1)C(C)N. The van der Waals surface area contributed by atoms with Crippen molar-refractivity contribution in [2.24, 2.45) is 5.73 Å². The van der Waals surface area contributed by atoms with Gasteiger partial charge >= 0.3 is 0 Å². The molecule has 2 N–H and O–H groups in total. The molecular weight excluding hydrogens is 234 g/mol. The summed E-state index contributed by atoms with van der Waals surface area (Å²) in [5, 5.41) is 2.07. The van der Waals surface area contributed by atoms with Crippen LogP contribution >= 0.6 is 27.3 Å². The van der Waals surface area contributed by atoms with Gasteiger partial charge in [0.25, 0.3) is 0 Å². The van der Waals surface area contributed by atoms with E-state index >= 15 is 0 Å². The lowest BCUT2D eigenvalue weighted by atomic mass is 10.1. The van der Waals surface area contributed by atoms with Crippen molar-refractivity contribution < 1.29 is 0 Å². The fourth-order valence-electron chi connectivity index (χ4n) is 0.760. The third kappa shape index (κ3) is 2.73. The third-order valence-corrected chi connectivity index (χ3v) is 3.32. The fourth-order valence-corrected chi connectivity index (χ4v) is 2.20. The summed E-state index contributed by atoms with van der Waals surface area (Å²) >= 11 is 5.13. The molecule has 0 aliphatic rings. The Morgan fingerprint density at radius 1 is 1.75 bits per heavy atom. The number of rotatable bonds is 2. The molecule has 1 aromatic heterocycles. The summed E-state index contributed by atoms with van der Waals surface area (Å²) in [5.74, 6) is 0. The van der Waals surface area contributed by atoms with Crippen LogP contribution in [0.25, 0.3) is 6.08 Å². The predicted molar refractivity (Wildman–Crippen MR) is 59.3 cm³/mol. The summed E-state index contributed by atoms with van der Waals surface area (Å²) in [6, 6.07) is 2.24. The van der Waals surface area contributed by atoms with E-state index in [1.807, 2.05) is 6.92 Å². The first-order valence-corrected chi connectivity index (χ1v) is 5.44. The van der Waals surface area contributed by atoms with Gasteiger partial charge in [-0.3, -0.25) is 0 Å². The van der Waals surface area contributed by atoms with Crippen LogP contribution in [0.1, 0.15) is 18.7 Å². The molecule has 0 bridgehead atoms. The molecule has 0 aliphatic carbocycles. The lowest BCUT2D eigenvalue weighted by Crippen LogP contribution is -2.15. The van der Waals surface area contributed by atoms with Crippen LogP contribution in [0, 0.1) is 0 Å². The smallest absolute Gasteiger partial charge is 0.0288 e. The van der Waals surface area contributed by atoms with E-state index in [0.717, 1.165) is 4.47 Å². The van der Waals surface area contributed by atoms with Crippen LogP contribution < -0.4 is 5.73 Å². The summed E-state index contributed by atoms with van der Waals surface area (Å²) < 4.78 is 1.14. The Labute approximate surface area is 85.4 Å². The Morgan fingerprint density at radius 3 is 2.83 bits per heavy atom. The molecule has 1 heterocycles. The van der Waals surface area contributed by atoms with Gasteiger partial charge in [-0.2, -0.15) is 0 Å². The van der Waals surface area contributed by atoms with Gasteiger partial charge in [0, 0.05) is 20.8 Å². The zero-order valence-corrected chi connectivity index (χ0v) is 9.58. The summed E-state index contributed by atoms with van der Waals surface area (Å²) in [6.07, 6.45) is 2.13. The highest BCUT2D eigenvalue weighted by atomic mass is 79.9. The van der Waals surface area contributed by atoms with E-state index < -0.39 is 0 Å². The van der Waals surface area contributed by atoms with Crippen molar-refractivity contribution in [1.82, 2.24) is 0 Å². The van der Waals surface area contributed by atoms with Crippen LogP contribution in [0.4, 0.5) is 0 Å². The maximum Gasteiger partial charge on any atom is 0.0288 e.